The van der Waals surface area contributed by atoms with Crippen molar-refractivity contribution in [2.45, 2.75) is 38.1 Å². The SMILES string of the molecule is CC[C@H](CO)Nc1nc(N2CCC(c3c[nH]c4ncccc34)CC2)c2cc[nH]c2n1. The zero-order valence-corrected chi connectivity index (χ0v) is 17.1. The summed E-state index contributed by atoms with van der Waals surface area (Å²) in [6.07, 6.45) is 8.79. The molecule has 0 aromatic carbocycles. The molecular weight excluding hydrogens is 378 g/mol. The maximum atomic E-state index is 9.53. The van der Waals surface area contributed by atoms with Gasteiger partial charge in [-0.15, -0.1) is 0 Å². The van der Waals surface area contributed by atoms with Gasteiger partial charge in [-0.1, -0.05) is 6.92 Å². The fourth-order valence-corrected chi connectivity index (χ4v) is 4.41. The van der Waals surface area contributed by atoms with E-state index in [0.29, 0.717) is 11.9 Å². The van der Waals surface area contributed by atoms with Crippen molar-refractivity contribution >= 4 is 33.8 Å². The zero-order valence-electron chi connectivity index (χ0n) is 17.1. The minimum absolute atomic E-state index is 0.0496. The molecule has 1 fully saturated rings. The summed E-state index contributed by atoms with van der Waals surface area (Å²) in [5.74, 6) is 2.03. The highest BCUT2D eigenvalue weighted by Gasteiger charge is 2.25. The number of fused-ring (bicyclic) bond motifs is 2. The van der Waals surface area contributed by atoms with Crippen molar-refractivity contribution < 1.29 is 5.11 Å². The Hall–Kier alpha value is -3.13. The first-order valence-electron chi connectivity index (χ1n) is 10.7. The smallest absolute Gasteiger partial charge is 0.226 e. The first-order chi connectivity index (χ1) is 14.8. The molecule has 156 valence electrons. The van der Waals surface area contributed by atoms with Gasteiger partial charge in [-0.2, -0.15) is 9.97 Å². The lowest BCUT2D eigenvalue weighted by molar-refractivity contribution is 0.271. The molecule has 5 heterocycles. The second kappa shape index (κ2) is 7.95. The Balaban J connectivity index is 1.38. The van der Waals surface area contributed by atoms with Gasteiger partial charge in [-0.3, -0.25) is 0 Å². The van der Waals surface area contributed by atoms with E-state index in [-0.39, 0.29) is 12.6 Å². The molecule has 8 nitrogen and oxygen atoms in total. The zero-order chi connectivity index (χ0) is 20.5. The monoisotopic (exact) mass is 405 g/mol. The number of aromatic nitrogens is 5. The van der Waals surface area contributed by atoms with Crippen molar-refractivity contribution in [3.05, 3.63) is 42.4 Å². The van der Waals surface area contributed by atoms with Gasteiger partial charge >= 0.3 is 0 Å². The molecule has 0 radical (unpaired) electrons. The molecule has 4 aromatic rings. The molecule has 0 aliphatic carbocycles. The third kappa shape index (κ3) is 3.37. The number of hydrogen-bond donors (Lipinski definition) is 4. The third-order valence-electron chi connectivity index (χ3n) is 6.16. The first kappa shape index (κ1) is 18.9. The first-order valence-corrected chi connectivity index (χ1v) is 10.7. The van der Waals surface area contributed by atoms with Gasteiger partial charge in [0, 0.05) is 37.1 Å². The molecule has 4 N–H and O–H groups in total. The molecule has 8 heteroatoms. The quantitative estimate of drug-likeness (QED) is 0.392. The molecule has 0 bridgehead atoms. The second-order valence-corrected chi connectivity index (χ2v) is 7.95. The largest absolute Gasteiger partial charge is 0.394 e. The summed E-state index contributed by atoms with van der Waals surface area (Å²) < 4.78 is 0. The second-order valence-electron chi connectivity index (χ2n) is 7.95. The number of aliphatic hydroxyl groups excluding tert-OH is 1. The van der Waals surface area contributed by atoms with Crippen molar-refractivity contribution in [1.29, 1.82) is 0 Å². The molecular formula is C22H27N7O. The lowest BCUT2D eigenvalue weighted by Crippen LogP contribution is -2.34. The van der Waals surface area contributed by atoms with Crippen LogP contribution in [0.2, 0.25) is 0 Å². The highest BCUT2D eigenvalue weighted by atomic mass is 16.3. The van der Waals surface area contributed by atoms with Crippen LogP contribution in [0.4, 0.5) is 11.8 Å². The van der Waals surface area contributed by atoms with Gasteiger partial charge in [0.2, 0.25) is 5.95 Å². The summed E-state index contributed by atoms with van der Waals surface area (Å²) in [4.78, 5) is 22.7. The van der Waals surface area contributed by atoms with E-state index in [1.807, 2.05) is 31.5 Å². The number of nitrogens with zero attached hydrogens (tertiary/aromatic N) is 4. The van der Waals surface area contributed by atoms with Crippen LogP contribution in [0.15, 0.2) is 36.8 Å². The molecule has 0 saturated carbocycles. The fraction of sp³-hybridized carbons (Fsp3) is 0.409. The Bertz CT molecular complexity index is 1140. The predicted molar refractivity (Wildman–Crippen MR) is 119 cm³/mol. The summed E-state index contributed by atoms with van der Waals surface area (Å²) in [5, 5.41) is 15.1. The molecule has 30 heavy (non-hydrogen) atoms. The Morgan fingerprint density at radius 1 is 1.17 bits per heavy atom. The van der Waals surface area contributed by atoms with Crippen LogP contribution in [0.25, 0.3) is 22.1 Å². The van der Waals surface area contributed by atoms with E-state index >= 15 is 0 Å². The summed E-state index contributed by atoms with van der Waals surface area (Å²) in [6.45, 7) is 3.97. The summed E-state index contributed by atoms with van der Waals surface area (Å²) in [5.41, 5.74) is 3.15. The number of piperidine rings is 1. The van der Waals surface area contributed by atoms with E-state index in [4.69, 9.17) is 4.98 Å². The molecule has 4 aromatic heterocycles. The van der Waals surface area contributed by atoms with Crippen LogP contribution >= 0.6 is 0 Å². The van der Waals surface area contributed by atoms with Crippen molar-refractivity contribution in [2.24, 2.45) is 0 Å². The van der Waals surface area contributed by atoms with Gasteiger partial charge in [0.05, 0.1) is 18.0 Å². The van der Waals surface area contributed by atoms with Gasteiger partial charge < -0.3 is 25.3 Å². The Labute approximate surface area is 174 Å². The van der Waals surface area contributed by atoms with E-state index in [1.165, 1.54) is 10.9 Å². The lowest BCUT2D eigenvalue weighted by Gasteiger charge is -2.33. The van der Waals surface area contributed by atoms with Gasteiger partial charge in [-0.05, 0) is 48.9 Å². The molecule has 0 unspecified atom stereocenters. The lowest BCUT2D eigenvalue weighted by atomic mass is 9.89. The third-order valence-corrected chi connectivity index (χ3v) is 6.16. The number of aliphatic hydroxyl groups is 1. The number of aromatic amines is 2. The van der Waals surface area contributed by atoms with Gasteiger partial charge in [-0.25, -0.2) is 4.98 Å². The number of hydrogen-bond acceptors (Lipinski definition) is 6. The van der Waals surface area contributed by atoms with Crippen LogP contribution in [0, 0.1) is 0 Å². The van der Waals surface area contributed by atoms with Crippen molar-refractivity contribution in [3.8, 4) is 0 Å². The summed E-state index contributed by atoms with van der Waals surface area (Å²) in [7, 11) is 0. The minimum Gasteiger partial charge on any atom is -0.394 e. The van der Waals surface area contributed by atoms with E-state index in [9.17, 15) is 5.11 Å². The molecule has 0 spiro atoms. The number of nitrogens with one attached hydrogen (secondary N) is 3. The highest BCUT2D eigenvalue weighted by Crippen LogP contribution is 2.35. The van der Waals surface area contributed by atoms with Gasteiger partial charge in [0.25, 0.3) is 0 Å². The van der Waals surface area contributed by atoms with E-state index in [1.54, 1.807) is 0 Å². The normalized spacial score (nSPS) is 16.4. The Kier molecular flexibility index (Phi) is 5.00. The maximum Gasteiger partial charge on any atom is 0.226 e. The van der Waals surface area contributed by atoms with Crippen LogP contribution in [0.1, 0.15) is 37.7 Å². The van der Waals surface area contributed by atoms with E-state index < -0.39 is 0 Å². The highest BCUT2D eigenvalue weighted by molar-refractivity contribution is 5.88. The summed E-state index contributed by atoms with van der Waals surface area (Å²) >= 11 is 0. The van der Waals surface area contributed by atoms with Crippen LogP contribution in [0.5, 0.6) is 0 Å². The molecule has 0 amide bonds. The van der Waals surface area contributed by atoms with Crippen molar-refractivity contribution in [3.63, 3.8) is 0 Å². The Morgan fingerprint density at radius 2 is 2.03 bits per heavy atom. The van der Waals surface area contributed by atoms with E-state index in [2.05, 4.69) is 42.4 Å². The topological polar surface area (TPSA) is 106 Å². The molecule has 1 saturated heterocycles. The van der Waals surface area contributed by atoms with Crippen molar-refractivity contribution in [2.75, 3.05) is 29.9 Å². The molecule has 1 atom stereocenters. The Morgan fingerprint density at radius 3 is 2.83 bits per heavy atom. The van der Waals surface area contributed by atoms with Crippen LogP contribution < -0.4 is 10.2 Å². The van der Waals surface area contributed by atoms with Gasteiger partial charge in [0.1, 0.15) is 17.1 Å². The average molecular weight is 406 g/mol. The fourth-order valence-electron chi connectivity index (χ4n) is 4.41. The van der Waals surface area contributed by atoms with Crippen LogP contribution in [-0.2, 0) is 0 Å². The van der Waals surface area contributed by atoms with Crippen LogP contribution in [-0.4, -0.2) is 55.8 Å². The maximum absolute atomic E-state index is 9.53. The molecule has 1 aliphatic heterocycles. The van der Waals surface area contributed by atoms with Gasteiger partial charge in [0.15, 0.2) is 0 Å². The number of rotatable bonds is 6. The predicted octanol–water partition coefficient (Wildman–Crippen LogP) is 3.40. The standard InChI is InChI=1S/C22H27N7O/c1-2-15(13-30)26-22-27-20-17(5-9-24-20)21(28-22)29-10-6-14(7-11-29)18-12-25-19-16(18)4-3-8-23-19/h3-5,8-9,12,14-15,30H,2,6-7,10-11,13H2,1H3,(H,23,25)(H2,24,26,27,28)/t15-/m1/s1. The molecule has 1 aliphatic rings. The van der Waals surface area contributed by atoms with Crippen molar-refractivity contribution in [1.82, 2.24) is 24.9 Å². The van der Waals surface area contributed by atoms with Crippen LogP contribution in [0.3, 0.4) is 0 Å². The van der Waals surface area contributed by atoms with E-state index in [0.717, 1.165) is 54.9 Å². The number of pyridine rings is 1. The molecule has 5 rings (SSSR count). The number of anilines is 2. The average Bonchev–Trinajstić information content (AvgIpc) is 3.44. The minimum atomic E-state index is -0.0496. The number of H-pyrrole nitrogens is 2. The summed E-state index contributed by atoms with van der Waals surface area (Å²) in [6, 6.07) is 6.14.